The lowest BCUT2D eigenvalue weighted by Gasteiger charge is -2.39. The van der Waals surface area contributed by atoms with Gasteiger partial charge in [-0.25, -0.2) is 9.97 Å². The number of rotatable bonds is 5. The number of ether oxygens (including phenoxy) is 2. The van der Waals surface area contributed by atoms with Gasteiger partial charge in [-0.05, 0) is 19.3 Å². The molecule has 94 valence electrons. The zero-order valence-electron chi connectivity index (χ0n) is 10.6. The van der Waals surface area contributed by atoms with Gasteiger partial charge in [0.25, 0.3) is 0 Å². The fourth-order valence-electron chi connectivity index (χ4n) is 2.07. The molecule has 5 nitrogen and oxygen atoms in total. The van der Waals surface area contributed by atoms with Crippen molar-refractivity contribution in [2.45, 2.75) is 31.5 Å². The van der Waals surface area contributed by atoms with Crippen molar-refractivity contribution in [3.63, 3.8) is 0 Å². The van der Waals surface area contributed by atoms with Crippen molar-refractivity contribution in [2.75, 3.05) is 26.6 Å². The lowest BCUT2D eigenvalue weighted by atomic mass is 9.79. The highest BCUT2D eigenvalue weighted by Gasteiger charge is 2.42. The molecular formula is C12H19N3O2. The monoisotopic (exact) mass is 237 g/mol. The molecule has 5 heteroatoms. The molecule has 1 N–H and O–H groups in total. The van der Waals surface area contributed by atoms with Crippen molar-refractivity contribution in [2.24, 2.45) is 0 Å². The first-order chi connectivity index (χ1) is 8.24. The Morgan fingerprint density at radius 3 is 2.59 bits per heavy atom. The molecular weight excluding hydrogens is 218 g/mol. The summed E-state index contributed by atoms with van der Waals surface area (Å²) in [4.78, 5) is 9.03. The SMILES string of the molecule is CNc1cc(COC)nc(C2(OC)CCC2)n1. The molecule has 0 atom stereocenters. The molecule has 1 aromatic heterocycles. The molecule has 1 heterocycles. The van der Waals surface area contributed by atoms with E-state index < -0.39 is 0 Å². The van der Waals surface area contributed by atoms with Gasteiger partial charge in [-0.3, -0.25) is 0 Å². The number of methoxy groups -OCH3 is 2. The van der Waals surface area contributed by atoms with Crippen LogP contribution in [0.15, 0.2) is 6.07 Å². The second kappa shape index (κ2) is 4.98. The first-order valence-corrected chi connectivity index (χ1v) is 5.84. The zero-order chi connectivity index (χ0) is 12.3. The number of aromatic nitrogens is 2. The number of nitrogens with zero attached hydrogens (tertiary/aromatic N) is 2. The molecule has 0 spiro atoms. The Kier molecular flexibility index (Phi) is 3.59. The molecule has 0 unspecified atom stereocenters. The van der Waals surface area contributed by atoms with Crippen LogP contribution in [0.4, 0.5) is 5.82 Å². The number of nitrogens with one attached hydrogen (secondary N) is 1. The number of anilines is 1. The van der Waals surface area contributed by atoms with Crippen LogP contribution in [0, 0.1) is 0 Å². The second-order valence-corrected chi connectivity index (χ2v) is 4.30. The molecule has 1 saturated carbocycles. The quantitative estimate of drug-likeness (QED) is 0.844. The van der Waals surface area contributed by atoms with Crippen molar-refractivity contribution in [3.8, 4) is 0 Å². The van der Waals surface area contributed by atoms with E-state index in [4.69, 9.17) is 9.47 Å². The fraction of sp³-hybridized carbons (Fsp3) is 0.667. The molecule has 0 bridgehead atoms. The van der Waals surface area contributed by atoms with Crippen LogP contribution < -0.4 is 5.32 Å². The third-order valence-corrected chi connectivity index (χ3v) is 3.29. The summed E-state index contributed by atoms with van der Waals surface area (Å²) in [7, 11) is 5.24. The van der Waals surface area contributed by atoms with E-state index in [1.165, 1.54) is 6.42 Å². The van der Waals surface area contributed by atoms with Crippen LogP contribution in [0.25, 0.3) is 0 Å². The van der Waals surface area contributed by atoms with E-state index in [0.29, 0.717) is 6.61 Å². The van der Waals surface area contributed by atoms with Gasteiger partial charge in [0.15, 0.2) is 5.82 Å². The third kappa shape index (κ3) is 2.25. The molecule has 1 aliphatic carbocycles. The molecule has 0 amide bonds. The smallest absolute Gasteiger partial charge is 0.162 e. The van der Waals surface area contributed by atoms with Crippen LogP contribution in [-0.2, 0) is 21.7 Å². The maximum atomic E-state index is 5.60. The molecule has 17 heavy (non-hydrogen) atoms. The topological polar surface area (TPSA) is 56.3 Å². The van der Waals surface area contributed by atoms with Gasteiger partial charge in [-0.2, -0.15) is 0 Å². The summed E-state index contributed by atoms with van der Waals surface area (Å²) < 4.78 is 10.7. The van der Waals surface area contributed by atoms with E-state index in [2.05, 4.69) is 15.3 Å². The van der Waals surface area contributed by atoms with Gasteiger partial charge in [0.05, 0.1) is 12.3 Å². The number of hydrogen-bond donors (Lipinski definition) is 1. The predicted octanol–water partition coefficient (Wildman–Crippen LogP) is 1.69. The Morgan fingerprint density at radius 2 is 2.12 bits per heavy atom. The van der Waals surface area contributed by atoms with E-state index in [1.54, 1.807) is 14.2 Å². The molecule has 0 saturated heterocycles. The molecule has 1 aromatic rings. The van der Waals surface area contributed by atoms with E-state index in [1.807, 2.05) is 13.1 Å². The average Bonchev–Trinajstić information content (AvgIpc) is 2.28. The minimum absolute atomic E-state index is 0.282. The normalized spacial score (nSPS) is 17.6. The van der Waals surface area contributed by atoms with Gasteiger partial charge >= 0.3 is 0 Å². The maximum Gasteiger partial charge on any atom is 0.162 e. The highest BCUT2D eigenvalue weighted by atomic mass is 16.5. The Bertz CT molecular complexity index is 386. The van der Waals surface area contributed by atoms with Gasteiger partial charge in [0, 0.05) is 27.3 Å². The highest BCUT2D eigenvalue weighted by Crippen LogP contribution is 2.42. The fourth-order valence-corrected chi connectivity index (χ4v) is 2.07. The average molecular weight is 237 g/mol. The first-order valence-electron chi connectivity index (χ1n) is 5.84. The lowest BCUT2D eigenvalue weighted by molar-refractivity contribution is -0.0848. The summed E-state index contributed by atoms with van der Waals surface area (Å²) in [6.45, 7) is 0.490. The Balaban J connectivity index is 2.35. The van der Waals surface area contributed by atoms with Crippen LogP contribution >= 0.6 is 0 Å². The molecule has 0 radical (unpaired) electrons. The van der Waals surface area contributed by atoms with E-state index in [0.717, 1.165) is 30.2 Å². The summed E-state index contributed by atoms with van der Waals surface area (Å²) in [5.74, 6) is 1.58. The Labute approximate surface area is 102 Å². The second-order valence-electron chi connectivity index (χ2n) is 4.30. The number of hydrogen-bond acceptors (Lipinski definition) is 5. The zero-order valence-corrected chi connectivity index (χ0v) is 10.6. The largest absolute Gasteiger partial charge is 0.378 e. The minimum atomic E-state index is -0.282. The van der Waals surface area contributed by atoms with Gasteiger partial charge in [-0.1, -0.05) is 0 Å². The van der Waals surface area contributed by atoms with E-state index >= 15 is 0 Å². The van der Waals surface area contributed by atoms with Gasteiger partial charge in [0.1, 0.15) is 11.4 Å². The molecule has 2 rings (SSSR count). The Morgan fingerprint density at radius 1 is 1.35 bits per heavy atom. The third-order valence-electron chi connectivity index (χ3n) is 3.29. The predicted molar refractivity (Wildman–Crippen MR) is 64.8 cm³/mol. The van der Waals surface area contributed by atoms with Crippen molar-refractivity contribution in [1.29, 1.82) is 0 Å². The lowest BCUT2D eigenvalue weighted by Crippen LogP contribution is -2.38. The van der Waals surface area contributed by atoms with Crippen molar-refractivity contribution in [1.82, 2.24) is 9.97 Å². The van der Waals surface area contributed by atoms with Crippen LogP contribution in [0.5, 0.6) is 0 Å². The van der Waals surface area contributed by atoms with Crippen molar-refractivity contribution >= 4 is 5.82 Å². The highest BCUT2D eigenvalue weighted by molar-refractivity contribution is 5.36. The van der Waals surface area contributed by atoms with Crippen molar-refractivity contribution in [3.05, 3.63) is 17.6 Å². The molecule has 1 fully saturated rings. The van der Waals surface area contributed by atoms with Crippen LogP contribution in [-0.4, -0.2) is 31.2 Å². The maximum absolute atomic E-state index is 5.60. The minimum Gasteiger partial charge on any atom is -0.378 e. The van der Waals surface area contributed by atoms with E-state index in [9.17, 15) is 0 Å². The summed E-state index contributed by atoms with van der Waals surface area (Å²) in [5, 5.41) is 3.05. The van der Waals surface area contributed by atoms with Gasteiger partial charge < -0.3 is 14.8 Å². The first kappa shape index (κ1) is 12.3. The van der Waals surface area contributed by atoms with Crippen LogP contribution in [0.2, 0.25) is 0 Å². The van der Waals surface area contributed by atoms with Crippen LogP contribution in [0.1, 0.15) is 30.8 Å². The Hall–Kier alpha value is -1.20. The molecule has 0 aliphatic heterocycles. The summed E-state index contributed by atoms with van der Waals surface area (Å²) in [5.41, 5.74) is 0.597. The standard InChI is InChI=1S/C12H19N3O2/c1-13-10-7-9(8-16-2)14-11(15-10)12(17-3)5-4-6-12/h7H,4-6,8H2,1-3H3,(H,13,14,15). The molecule has 1 aliphatic rings. The van der Waals surface area contributed by atoms with Gasteiger partial charge in [-0.15, -0.1) is 0 Å². The van der Waals surface area contributed by atoms with Crippen molar-refractivity contribution < 1.29 is 9.47 Å². The summed E-state index contributed by atoms with van der Waals surface area (Å²) in [6, 6.07) is 1.90. The molecule has 0 aromatic carbocycles. The van der Waals surface area contributed by atoms with Crippen LogP contribution in [0.3, 0.4) is 0 Å². The summed E-state index contributed by atoms with van der Waals surface area (Å²) in [6.07, 6.45) is 3.15. The summed E-state index contributed by atoms with van der Waals surface area (Å²) >= 11 is 0. The van der Waals surface area contributed by atoms with Gasteiger partial charge in [0.2, 0.25) is 0 Å². The van der Waals surface area contributed by atoms with E-state index in [-0.39, 0.29) is 5.60 Å².